The minimum atomic E-state index is -0.746. The zero-order valence-corrected chi connectivity index (χ0v) is 11.4. The van der Waals surface area contributed by atoms with Gasteiger partial charge in [0.25, 0.3) is 5.91 Å². The Morgan fingerprint density at radius 1 is 1.33 bits per heavy atom. The minimum Gasteiger partial charge on any atom is -0.452 e. The van der Waals surface area contributed by atoms with Gasteiger partial charge in [-0.3, -0.25) is 4.79 Å². The molecular weight excluding hydrogens is 279 g/mol. The van der Waals surface area contributed by atoms with Gasteiger partial charge in [0, 0.05) is 19.8 Å². The highest BCUT2D eigenvalue weighted by atomic mass is 35.5. The number of nitrogen functional groups attached to an aromatic ring is 1. The van der Waals surface area contributed by atoms with Crippen LogP contribution in [0.5, 0.6) is 0 Å². The molecule has 0 aliphatic heterocycles. The molecule has 18 heavy (non-hydrogen) atoms. The first-order valence-corrected chi connectivity index (χ1v) is 5.70. The van der Waals surface area contributed by atoms with E-state index in [0.29, 0.717) is 0 Å². The molecule has 0 saturated carbocycles. The summed E-state index contributed by atoms with van der Waals surface area (Å²) in [5.41, 5.74) is 5.87. The number of esters is 1. The zero-order chi connectivity index (χ0) is 13.9. The number of ether oxygens (including phenoxy) is 1. The largest absolute Gasteiger partial charge is 0.452 e. The van der Waals surface area contributed by atoms with Gasteiger partial charge in [0.2, 0.25) is 0 Å². The number of hydrogen-bond donors (Lipinski definition) is 1. The maximum atomic E-state index is 11.7. The summed E-state index contributed by atoms with van der Waals surface area (Å²) in [4.78, 5) is 24.3. The van der Waals surface area contributed by atoms with Gasteiger partial charge in [0.15, 0.2) is 6.61 Å². The zero-order valence-electron chi connectivity index (χ0n) is 9.87. The minimum absolute atomic E-state index is 0.0354. The molecule has 0 fully saturated rings. The SMILES string of the molecule is CN(C)C(=O)COC(=O)c1cc(N)cc(Cl)c1Cl. The van der Waals surface area contributed by atoms with Gasteiger partial charge < -0.3 is 15.4 Å². The van der Waals surface area contributed by atoms with Gasteiger partial charge in [-0.15, -0.1) is 0 Å². The van der Waals surface area contributed by atoms with Crippen LogP contribution < -0.4 is 5.73 Å². The molecule has 98 valence electrons. The Balaban J connectivity index is 2.82. The molecule has 5 nitrogen and oxygen atoms in total. The van der Waals surface area contributed by atoms with E-state index in [4.69, 9.17) is 33.7 Å². The lowest BCUT2D eigenvalue weighted by atomic mass is 10.2. The molecule has 1 aromatic carbocycles. The number of benzene rings is 1. The van der Waals surface area contributed by atoms with Crippen LogP contribution in [0.3, 0.4) is 0 Å². The highest BCUT2D eigenvalue weighted by Crippen LogP contribution is 2.29. The fourth-order valence-corrected chi connectivity index (χ4v) is 1.51. The molecule has 0 heterocycles. The lowest BCUT2D eigenvalue weighted by Crippen LogP contribution is -2.27. The molecule has 0 saturated heterocycles. The Hall–Kier alpha value is -1.46. The third-order valence-corrected chi connectivity index (χ3v) is 2.90. The lowest BCUT2D eigenvalue weighted by molar-refractivity contribution is -0.131. The van der Waals surface area contributed by atoms with Crippen molar-refractivity contribution >= 4 is 40.8 Å². The van der Waals surface area contributed by atoms with E-state index in [1.165, 1.54) is 17.0 Å². The standard InChI is InChI=1S/C11H12Cl2N2O3/c1-15(2)9(16)5-18-11(17)7-3-6(14)4-8(12)10(7)13/h3-4H,5,14H2,1-2H3. The monoisotopic (exact) mass is 290 g/mol. The van der Waals surface area contributed by atoms with Crippen molar-refractivity contribution in [1.29, 1.82) is 0 Å². The van der Waals surface area contributed by atoms with Crippen molar-refractivity contribution in [3.8, 4) is 0 Å². The van der Waals surface area contributed by atoms with E-state index in [1.54, 1.807) is 14.1 Å². The van der Waals surface area contributed by atoms with Crippen LogP contribution in [0.1, 0.15) is 10.4 Å². The molecule has 0 atom stereocenters. The third kappa shape index (κ3) is 3.51. The summed E-state index contributed by atoms with van der Waals surface area (Å²) in [6.07, 6.45) is 0. The third-order valence-electron chi connectivity index (χ3n) is 2.10. The first-order valence-electron chi connectivity index (χ1n) is 4.94. The fourth-order valence-electron chi connectivity index (χ4n) is 1.09. The molecule has 0 aliphatic carbocycles. The molecule has 0 unspecified atom stereocenters. The van der Waals surface area contributed by atoms with E-state index in [9.17, 15) is 9.59 Å². The number of carbonyl (C=O) groups is 2. The first kappa shape index (κ1) is 14.6. The normalized spacial score (nSPS) is 10.0. The fraction of sp³-hybridized carbons (Fsp3) is 0.273. The predicted molar refractivity (Wildman–Crippen MR) is 69.9 cm³/mol. The van der Waals surface area contributed by atoms with Crippen molar-refractivity contribution in [3.63, 3.8) is 0 Å². The van der Waals surface area contributed by atoms with Crippen LogP contribution in [0.25, 0.3) is 0 Å². The number of carbonyl (C=O) groups excluding carboxylic acids is 2. The second-order valence-electron chi connectivity index (χ2n) is 3.73. The van der Waals surface area contributed by atoms with Gasteiger partial charge in [-0.1, -0.05) is 23.2 Å². The molecule has 1 aromatic rings. The highest BCUT2D eigenvalue weighted by Gasteiger charge is 2.17. The quantitative estimate of drug-likeness (QED) is 0.681. The number of nitrogens with two attached hydrogens (primary N) is 1. The van der Waals surface area contributed by atoms with Gasteiger partial charge in [0.1, 0.15) is 0 Å². The van der Waals surface area contributed by atoms with Crippen molar-refractivity contribution in [2.24, 2.45) is 0 Å². The van der Waals surface area contributed by atoms with Crippen molar-refractivity contribution in [2.45, 2.75) is 0 Å². The lowest BCUT2D eigenvalue weighted by Gasteiger charge is -2.11. The number of hydrogen-bond acceptors (Lipinski definition) is 4. The highest BCUT2D eigenvalue weighted by molar-refractivity contribution is 6.44. The summed E-state index contributed by atoms with van der Waals surface area (Å²) in [5.74, 6) is -1.08. The van der Waals surface area contributed by atoms with Crippen LogP contribution in [0, 0.1) is 0 Å². The number of rotatable bonds is 3. The molecule has 2 N–H and O–H groups in total. The molecule has 0 aromatic heterocycles. The van der Waals surface area contributed by atoms with Gasteiger partial charge >= 0.3 is 5.97 Å². The molecule has 0 aliphatic rings. The van der Waals surface area contributed by atoms with Crippen molar-refractivity contribution in [2.75, 3.05) is 26.4 Å². The van der Waals surface area contributed by atoms with E-state index in [2.05, 4.69) is 0 Å². The number of anilines is 1. The van der Waals surface area contributed by atoms with E-state index < -0.39 is 5.97 Å². The Kier molecular flexibility index (Phi) is 4.81. The van der Waals surface area contributed by atoms with Crippen LogP contribution in [-0.2, 0) is 9.53 Å². The van der Waals surface area contributed by atoms with Crippen molar-refractivity contribution in [1.82, 2.24) is 4.90 Å². The maximum Gasteiger partial charge on any atom is 0.340 e. The van der Waals surface area contributed by atoms with Crippen molar-refractivity contribution < 1.29 is 14.3 Å². The van der Waals surface area contributed by atoms with E-state index >= 15 is 0 Å². The van der Waals surface area contributed by atoms with Crippen LogP contribution in [-0.4, -0.2) is 37.5 Å². The summed E-state index contributed by atoms with van der Waals surface area (Å²) in [6.45, 7) is -0.366. The Morgan fingerprint density at radius 3 is 2.50 bits per heavy atom. The van der Waals surface area contributed by atoms with Gasteiger partial charge in [-0.25, -0.2) is 4.79 Å². The van der Waals surface area contributed by atoms with Crippen LogP contribution in [0.4, 0.5) is 5.69 Å². The summed E-state index contributed by atoms with van der Waals surface area (Å²) < 4.78 is 4.81. The topological polar surface area (TPSA) is 72.6 Å². The second kappa shape index (κ2) is 5.93. The molecular formula is C11H12Cl2N2O3. The second-order valence-corrected chi connectivity index (χ2v) is 4.51. The molecule has 0 spiro atoms. The average Bonchev–Trinajstić information content (AvgIpc) is 2.29. The molecule has 0 radical (unpaired) electrons. The molecule has 7 heteroatoms. The summed E-state index contributed by atoms with van der Waals surface area (Å²) in [5, 5.41) is 0.204. The smallest absolute Gasteiger partial charge is 0.340 e. The van der Waals surface area contributed by atoms with Crippen molar-refractivity contribution in [3.05, 3.63) is 27.7 Å². The summed E-state index contributed by atoms with van der Waals surface area (Å²) >= 11 is 11.6. The Bertz CT molecular complexity index is 489. The number of amides is 1. The Labute approximate surface area is 114 Å². The number of nitrogens with zero attached hydrogens (tertiary/aromatic N) is 1. The van der Waals surface area contributed by atoms with Gasteiger partial charge in [0.05, 0.1) is 15.6 Å². The van der Waals surface area contributed by atoms with Gasteiger partial charge in [-0.2, -0.15) is 0 Å². The van der Waals surface area contributed by atoms with E-state index in [1.807, 2.05) is 0 Å². The van der Waals surface area contributed by atoms with Crippen LogP contribution in [0.2, 0.25) is 10.0 Å². The van der Waals surface area contributed by atoms with Crippen LogP contribution >= 0.6 is 23.2 Å². The molecule has 1 amide bonds. The molecule has 1 rings (SSSR count). The van der Waals surface area contributed by atoms with Gasteiger partial charge in [-0.05, 0) is 12.1 Å². The predicted octanol–water partition coefficient (Wildman–Crippen LogP) is 1.82. The maximum absolute atomic E-state index is 11.7. The molecule has 0 bridgehead atoms. The number of likely N-dealkylation sites (N-methyl/N-ethyl adjacent to an activating group) is 1. The Morgan fingerprint density at radius 2 is 1.94 bits per heavy atom. The first-order chi connectivity index (χ1) is 8.32. The van der Waals surface area contributed by atoms with E-state index in [0.717, 1.165) is 0 Å². The average molecular weight is 291 g/mol. The van der Waals surface area contributed by atoms with Crippen LogP contribution in [0.15, 0.2) is 12.1 Å². The number of halogens is 2. The van der Waals surface area contributed by atoms with E-state index in [-0.39, 0.29) is 33.8 Å². The summed E-state index contributed by atoms with van der Waals surface area (Å²) in [6, 6.07) is 2.77. The summed E-state index contributed by atoms with van der Waals surface area (Å²) in [7, 11) is 3.11.